The van der Waals surface area contributed by atoms with Crippen LogP contribution in [0.25, 0.3) is 0 Å². The van der Waals surface area contributed by atoms with E-state index in [2.05, 4.69) is 15.4 Å². The second kappa shape index (κ2) is 4.59. The molecule has 0 aliphatic heterocycles. The Morgan fingerprint density at radius 1 is 0.947 bits per heavy atom. The fourth-order valence-electron chi connectivity index (χ4n) is 1.14. The summed E-state index contributed by atoms with van der Waals surface area (Å²) in [6.45, 7) is 0. The summed E-state index contributed by atoms with van der Waals surface area (Å²) in [6.07, 6.45) is 0. The molecule has 0 aliphatic carbocycles. The van der Waals surface area contributed by atoms with Crippen molar-refractivity contribution in [2.45, 2.75) is 0 Å². The molecule has 2 aromatic rings. The van der Waals surface area contributed by atoms with Gasteiger partial charge in [-0.05, 0) is 5.21 Å². The maximum atomic E-state index is 13.2. The van der Waals surface area contributed by atoms with E-state index < -0.39 is 46.5 Å². The first-order valence-electron chi connectivity index (χ1n) is 4.49. The molecule has 0 radical (unpaired) electrons. The van der Waals surface area contributed by atoms with Gasteiger partial charge in [0.2, 0.25) is 5.82 Å². The average molecular weight is 279 g/mol. The number of H-pyrrole nitrogens is 1. The number of tetrazole rings is 1. The first kappa shape index (κ1) is 12.9. The van der Waals surface area contributed by atoms with E-state index in [0.717, 1.165) is 0 Å². The van der Waals surface area contributed by atoms with Gasteiger partial charge in [-0.3, -0.25) is 4.79 Å². The fourth-order valence-corrected chi connectivity index (χ4v) is 1.14. The topological polar surface area (TPSA) is 83.6 Å². The van der Waals surface area contributed by atoms with Crippen LogP contribution in [0.15, 0.2) is 0 Å². The normalized spacial score (nSPS) is 10.6. The summed E-state index contributed by atoms with van der Waals surface area (Å²) in [5.74, 6) is -13.0. The number of carbonyl (C=O) groups excluding carboxylic acids is 1. The minimum Gasteiger partial charge on any atom is -0.314 e. The van der Waals surface area contributed by atoms with E-state index in [4.69, 9.17) is 0 Å². The monoisotopic (exact) mass is 279 g/mol. The first-order valence-corrected chi connectivity index (χ1v) is 4.49. The average Bonchev–Trinajstić information content (AvgIpc) is 2.93. The minimum absolute atomic E-state index is 0.635. The van der Waals surface area contributed by atoms with Crippen LogP contribution in [0, 0.1) is 29.1 Å². The zero-order valence-electron chi connectivity index (χ0n) is 8.64. The Hall–Kier alpha value is -2.59. The smallest absolute Gasteiger partial charge is 0.297 e. The van der Waals surface area contributed by atoms with E-state index >= 15 is 0 Å². The van der Waals surface area contributed by atoms with Gasteiger partial charge in [-0.1, -0.05) is 0 Å². The lowest BCUT2D eigenvalue weighted by Gasteiger charge is -2.08. The number of rotatable bonds is 2. The summed E-state index contributed by atoms with van der Waals surface area (Å²) in [5, 5.41) is 12.7. The van der Waals surface area contributed by atoms with Crippen LogP contribution in [0.3, 0.4) is 0 Å². The molecule has 0 unspecified atom stereocenters. The predicted octanol–water partition coefficient (Wildman–Crippen LogP) is 1.15. The van der Waals surface area contributed by atoms with E-state index in [-0.39, 0.29) is 0 Å². The van der Waals surface area contributed by atoms with E-state index in [9.17, 15) is 26.7 Å². The molecule has 19 heavy (non-hydrogen) atoms. The summed E-state index contributed by atoms with van der Waals surface area (Å²) in [7, 11) is 0. The number of hydrogen-bond acceptors (Lipinski definition) is 4. The highest BCUT2D eigenvalue weighted by Crippen LogP contribution is 2.27. The van der Waals surface area contributed by atoms with Crippen LogP contribution < -0.4 is 5.32 Å². The molecule has 2 rings (SSSR count). The first-order chi connectivity index (χ1) is 8.93. The molecule has 1 aromatic carbocycles. The SMILES string of the molecule is O=C(Nc1c(F)c(F)c(F)c(F)c1F)c1nn[nH]n1. The molecule has 6 nitrogen and oxygen atoms in total. The maximum absolute atomic E-state index is 13.2. The highest BCUT2D eigenvalue weighted by molar-refractivity contribution is 6.01. The second-order valence-electron chi connectivity index (χ2n) is 3.13. The van der Waals surface area contributed by atoms with E-state index in [0.29, 0.717) is 0 Å². The molecule has 1 amide bonds. The Bertz CT molecular complexity index is 614. The standard InChI is InChI=1S/C8H2F5N5O/c9-1-2(10)4(12)6(5(13)3(1)11)14-8(19)7-15-17-18-16-7/h(H,14,19)(H,15,16,17,18). The molecule has 2 N–H and O–H groups in total. The number of nitrogens with one attached hydrogen (secondary N) is 2. The predicted molar refractivity (Wildman–Crippen MR) is 48.4 cm³/mol. The summed E-state index contributed by atoms with van der Waals surface area (Å²) >= 11 is 0. The van der Waals surface area contributed by atoms with Crippen molar-refractivity contribution in [3.05, 3.63) is 34.9 Å². The summed E-state index contributed by atoms with van der Waals surface area (Å²) in [6, 6.07) is 0. The molecular formula is C8H2F5N5O. The number of aromatic nitrogens is 4. The van der Waals surface area contributed by atoms with Gasteiger partial charge in [-0.2, -0.15) is 5.21 Å². The van der Waals surface area contributed by atoms with Crippen LogP contribution in [-0.2, 0) is 0 Å². The molecule has 1 aromatic heterocycles. The maximum Gasteiger partial charge on any atom is 0.297 e. The number of nitrogens with zero attached hydrogens (tertiary/aromatic N) is 3. The number of amides is 1. The Kier molecular flexibility index (Phi) is 3.10. The van der Waals surface area contributed by atoms with Crippen LogP contribution in [-0.4, -0.2) is 26.5 Å². The zero-order valence-corrected chi connectivity index (χ0v) is 8.64. The molecule has 1 heterocycles. The molecular weight excluding hydrogens is 277 g/mol. The van der Waals surface area contributed by atoms with Gasteiger partial charge < -0.3 is 5.32 Å². The summed E-state index contributed by atoms with van der Waals surface area (Å²) in [4.78, 5) is 11.3. The third kappa shape index (κ3) is 2.09. The van der Waals surface area contributed by atoms with Crippen molar-refractivity contribution in [2.75, 3.05) is 5.32 Å². The van der Waals surface area contributed by atoms with Crippen molar-refractivity contribution in [3.8, 4) is 0 Å². The largest absolute Gasteiger partial charge is 0.314 e. The van der Waals surface area contributed by atoms with Crippen LogP contribution in [0.4, 0.5) is 27.6 Å². The number of anilines is 1. The number of carbonyl (C=O) groups is 1. The lowest BCUT2D eigenvalue weighted by Crippen LogP contribution is -2.18. The number of halogens is 5. The van der Waals surface area contributed by atoms with Crippen LogP contribution in [0.2, 0.25) is 0 Å². The van der Waals surface area contributed by atoms with Gasteiger partial charge in [0.15, 0.2) is 23.3 Å². The molecule has 0 atom stereocenters. The van der Waals surface area contributed by atoms with Crippen molar-refractivity contribution < 1.29 is 26.7 Å². The van der Waals surface area contributed by atoms with Crippen molar-refractivity contribution in [1.29, 1.82) is 0 Å². The molecule has 11 heteroatoms. The minimum atomic E-state index is -2.33. The Morgan fingerprint density at radius 3 is 1.95 bits per heavy atom. The molecule has 0 saturated heterocycles. The van der Waals surface area contributed by atoms with E-state index in [1.54, 1.807) is 0 Å². The van der Waals surface area contributed by atoms with Gasteiger partial charge in [-0.25, -0.2) is 22.0 Å². The lowest BCUT2D eigenvalue weighted by atomic mass is 10.2. The highest BCUT2D eigenvalue weighted by atomic mass is 19.2. The quantitative estimate of drug-likeness (QED) is 0.490. The van der Waals surface area contributed by atoms with Gasteiger partial charge in [0.25, 0.3) is 11.7 Å². The third-order valence-corrected chi connectivity index (χ3v) is 2.00. The summed E-state index contributed by atoms with van der Waals surface area (Å²) < 4.78 is 64.8. The Balaban J connectivity index is 2.44. The number of hydrogen-bond donors (Lipinski definition) is 2. The van der Waals surface area contributed by atoms with Gasteiger partial charge >= 0.3 is 0 Å². The number of aromatic amines is 1. The second-order valence-corrected chi connectivity index (χ2v) is 3.13. The van der Waals surface area contributed by atoms with E-state index in [1.807, 2.05) is 5.21 Å². The van der Waals surface area contributed by atoms with Crippen LogP contribution in [0.5, 0.6) is 0 Å². The van der Waals surface area contributed by atoms with Gasteiger partial charge in [0.1, 0.15) is 5.69 Å². The summed E-state index contributed by atoms with van der Waals surface area (Å²) in [5.41, 5.74) is -1.49. The lowest BCUT2D eigenvalue weighted by molar-refractivity contribution is 0.101. The third-order valence-electron chi connectivity index (χ3n) is 2.00. The van der Waals surface area contributed by atoms with Gasteiger partial charge in [0.05, 0.1) is 0 Å². The molecule has 0 saturated carbocycles. The van der Waals surface area contributed by atoms with Crippen LogP contribution >= 0.6 is 0 Å². The van der Waals surface area contributed by atoms with Gasteiger partial charge in [0, 0.05) is 0 Å². The molecule has 0 bridgehead atoms. The van der Waals surface area contributed by atoms with Crippen LogP contribution in [0.1, 0.15) is 10.6 Å². The molecule has 0 spiro atoms. The Labute approximate surface area is 100 Å². The van der Waals surface area contributed by atoms with Crippen molar-refractivity contribution >= 4 is 11.6 Å². The fraction of sp³-hybridized carbons (Fsp3) is 0. The number of benzene rings is 1. The van der Waals surface area contributed by atoms with Crippen molar-refractivity contribution in [2.24, 2.45) is 0 Å². The van der Waals surface area contributed by atoms with Crippen molar-refractivity contribution in [1.82, 2.24) is 20.6 Å². The highest BCUT2D eigenvalue weighted by Gasteiger charge is 2.27. The van der Waals surface area contributed by atoms with Gasteiger partial charge in [-0.15, -0.1) is 10.2 Å². The Morgan fingerprint density at radius 2 is 1.47 bits per heavy atom. The molecule has 0 fully saturated rings. The van der Waals surface area contributed by atoms with E-state index in [1.165, 1.54) is 5.32 Å². The van der Waals surface area contributed by atoms with Crippen molar-refractivity contribution in [3.63, 3.8) is 0 Å². The zero-order chi connectivity index (χ0) is 14.2. The molecule has 0 aliphatic rings. The molecule has 100 valence electrons.